The molecule has 1 heterocycles. The zero-order valence-corrected chi connectivity index (χ0v) is 13.9. The molecule has 0 aliphatic carbocycles. The number of rotatable bonds is 7. The van der Waals surface area contributed by atoms with Gasteiger partial charge in [0.1, 0.15) is 5.82 Å². The minimum Gasteiger partial charge on any atom is -0.481 e. The molecular formula is C16H18Cl2N2O2. The highest BCUT2D eigenvalue weighted by Crippen LogP contribution is 2.24. The Morgan fingerprint density at radius 1 is 1.32 bits per heavy atom. The average molecular weight is 341 g/mol. The predicted octanol–water partition coefficient (Wildman–Crippen LogP) is 4.21. The molecule has 0 saturated heterocycles. The fourth-order valence-corrected chi connectivity index (χ4v) is 2.81. The number of carbonyl (C=O) groups is 1. The van der Waals surface area contributed by atoms with Crippen molar-refractivity contribution in [2.45, 2.75) is 39.2 Å². The lowest BCUT2D eigenvalue weighted by atomic mass is 10.1. The van der Waals surface area contributed by atoms with E-state index in [4.69, 9.17) is 28.3 Å². The monoisotopic (exact) mass is 340 g/mol. The Balaban J connectivity index is 2.37. The molecule has 2 aromatic rings. The summed E-state index contributed by atoms with van der Waals surface area (Å²) < 4.78 is 1.92. The fraction of sp³-hybridized carbons (Fsp3) is 0.375. The minimum atomic E-state index is -0.913. The summed E-state index contributed by atoms with van der Waals surface area (Å²) in [4.78, 5) is 15.4. The molecular weight excluding hydrogens is 323 g/mol. The summed E-state index contributed by atoms with van der Waals surface area (Å²) in [6.07, 6.45) is 2.35. The number of aliphatic carboxylic acids is 1. The third kappa shape index (κ3) is 4.02. The molecule has 0 amide bonds. The number of hydrogen-bond donors (Lipinski definition) is 1. The van der Waals surface area contributed by atoms with Gasteiger partial charge in [0.15, 0.2) is 5.15 Å². The molecule has 0 radical (unpaired) electrons. The molecule has 4 nitrogen and oxygen atoms in total. The van der Waals surface area contributed by atoms with E-state index in [1.165, 1.54) is 0 Å². The van der Waals surface area contributed by atoms with Crippen molar-refractivity contribution in [3.63, 3.8) is 0 Å². The van der Waals surface area contributed by atoms with Gasteiger partial charge in [-0.2, -0.15) is 0 Å². The van der Waals surface area contributed by atoms with Crippen LogP contribution >= 0.6 is 23.2 Å². The van der Waals surface area contributed by atoms with E-state index in [2.05, 4.69) is 11.9 Å². The normalized spacial score (nSPS) is 10.9. The summed E-state index contributed by atoms with van der Waals surface area (Å²) in [7, 11) is 0. The number of unbranched alkanes of at least 4 members (excludes halogenated alkanes) is 1. The van der Waals surface area contributed by atoms with Crippen molar-refractivity contribution in [1.29, 1.82) is 0 Å². The Labute approximate surface area is 139 Å². The summed E-state index contributed by atoms with van der Waals surface area (Å²) >= 11 is 12.3. The molecule has 118 valence electrons. The van der Waals surface area contributed by atoms with Gasteiger partial charge in [-0.3, -0.25) is 4.79 Å². The zero-order valence-electron chi connectivity index (χ0n) is 12.4. The van der Waals surface area contributed by atoms with Crippen LogP contribution in [0.15, 0.2) is 24.3 Å². The Morgan fingerprint density at radius 3 is 2.68 bits per heavy atom. The minimum absolute atomic E-state index is 0.127. The van der Waals surface area contributed by atoms with Crippen molar-refractivity contribution in [3.8, 4) is 0 Å². The quantitative estimate of drug-likeness (QED) is 0.821. The van der Waals surface area contributed by atoms with E-state index in [0.717, 1.165) is 24.2 Å². The Bertz CT molecular complexity index is 668. The van der Waals surface area contributed by atoms with Crippen LogP contribution in [-0.4, -0.2) is 20.6 Å². The van der Waals surface area contributed by atoms with E-state index in [9.17, 15) is 4.79 Å². The van der Waals surface area contributed by atoms with Crippen LogP contribution in [0, 0.1) is 0 Å². The third-order valence-corrected chi connectivity index (χ3v) is 4.13. The smallest absolute Gasteiger partial charge is 0.309 e. The van der Waals surface area contributed by atoms with Gasteiger partial charge < -0.3 is 9.67 Å². The number of halogens is 2. The van der Waals surface area contributed by atoms with Crippen molar-refractivity contribution in [2.24, 2.45) is 0 Å². The second-order valence-corrected chi connectivity index (χ2v) is 5.87. The Kier molecular flexibility index (Phi) is 5.86. The highest BCUT2D eigenvalue weighted by Gasteiger charge is 2.18. The maximum atomic E-state index is 11.0. The molecule has 0 atom stereocenters. The molecule has 22 heavy (non-hydrogen) atoms. The SMILES string of the molecule is CCCCn1c(Cc2ccccc2Cl)nc(Cl)c1CC(=O)O. The molecule has 0 saturated carbocycles. The summed E-state index contributed by atoms with van der Waals surface area (Å²) in [5.74, 6) is -0.161. The van der Waals surface area contributed by atoms with Gasteiger partial charge in [-0.1, -0.05) is 54.7 Å². The molecule has 2 rings (SSSR count). The van der Waals surface area contributed by atoms with Gasteiger partial charge in [0.25, 0.3) is 0 Å². The highest BCUT2D eigenvalue weighted by molar-refractivity contribution is 6.31. The van der Waals surface area contributed by atoms with Crippen molar-refractivity contribution in [2.75, 3.05) is 0 Å². The van der Waals surface area contributed by atoms with Crippen LogP contribution in [0.5, 0.6) is 0 Å². The van der Waals surface area contributed by atoms with Gasteiger partial charge >= 0.3 is 5.97 Å². The second-order valence-electron chi connectivity index (χ2n) is 5.11. The van der Waals surface area contributed by atoms with Gasteiger partial charge in [-0.05, 0) is 18.1 Å². The van der Waals surface area contributed by atoms with E-state index in [1.807, 2.05) is 28.8 Å². The van der Waals surface area contributed by atoms with Gasteiger partial charge in [0.2, 0.25) is 0 Å². The largest absolute Gasteiger partial charge is 0.481 e. The van der Waals surface area contributed by atoms with Crippen LogP contribution in [0.4, 0.5) is 0 Å². The molecule has 0 spiro atoms. The topological polar surface area (TPSA) is 55.1 Å². The summed E-state index contributed by atoms with van der Waals surface area (Å²) in [5.41, 5.74) is 1.51. The zero-order chi connectivity index (χ0) is 16.1. The summed E-state index contributed by atoms with van der Waals surface area (Å²) in [6, 6.07) is 7.56. The van der Waals surface area contributed by atoms with E-state index < -0.39 is 5.97 Å². The lowest BCUT2D eigenvalue weighted by Crippen LogP contribution is -2.12. The standard InChI is InChI=1S/C16H18Cl2N2O2/c1-2-3-8-20-13(10-15(21)22)16(18)19-14(20)9-11-6-4-5-7-12(11)17/h4-7H,2-3,8-10H2,1H3,(H,21,22). The molecule has 0 aliphatic heterocycles. The van der Waals surface area contributed by atoms with Gasteiger partial charge in [0, 0.05) is 18.0 Å². The maximum Gasteiger partial charge on any atom is 0.309 e. The van der Waals surface area contributed by atoms with Gasteiger partial charge in [-0.15, -0.1) is 0 Å². The number of carboxylic acid groups (broad SMARTS) is 1. The third-order valence-electron chi connectivity index (χ3n) is 3.46. The van der Waals surface area contributed by atoms with Gasteiger partial charge in [0.05, 0.1) is 12.1 Å². The lowest BCUT2D eigenvalue weighted by Gasteiger charge is -2.11. The van der Waals surface area contributed by atoms with Crippen LogP contribution < -0.4 is 0 Å². The van der Waals surface area contributed by atoms with E-state index >= 15 is 0 Å². The van der Waals surface area contributed by atoms with Gasteiger partial charge in [-0.25, -0.2) is 4.98 Å². The van der Waals surface area contributed by atoms with Crippen LogP contribution in [0.1, 0.15) is 36.8 Å². The number of imidazole rings is 1. The number of hydrogen-bond acceptors (Lipinski definition) is 2. The molecule has 0 fully saturated rings. The van der Waals surface area contributed by atoms with Crippen molar-refractivity contribution >= 4 is 29.2 Å². The average Bonchev–Trinajstić information content (AvgIpc) is 2.74. The van der Waals surface area contributed by atoms with E-state index in [-0.39, 0.29) is 11.6 Å². The van der Waals surface area contributed by atoms with Crippen molar-refractivity contribution in [3.05, 3.63) is 51.5 Å². The number of benzene rings is 1. The van der Waals surface area contributed by atoms with Crippen LogP contribution in [0.2, 0.25) is 10.2 Å². The van der Waals surface area contributed by atoms with Crippen LogP contribution in [0.25, 0.3) is 0 Å². The predicted molar refractivity (Wildman–Crippen MR) is 87.7 cm³/mol. The maximum absolute atomic E-state index is 11.0. The fourth-order valence-electron chi connectivity index (χ4n) is 2.34. The number of carboxylic acids is 1. The van der Waals surface area contributed by atoms with E-state index in [0.29, 0.717) is 23.7 Å². The van der Waals surface area contributed by atoms with Crippen molar-refractivity contribution in [1.82, 2.24) is 9.55 Å². The first-order valence-corrected chi connectivity index (χ1v) is 7.97. The second kappa shape index (κ2) is 7.65. The number of aromatic nitrogens is 2. The summed E-state index contributed by atoms with van der Waals surface area (Å²) in [5, 5.41) is 10.00. The molecule has 1 N–H and O–H groups in total. The summed E-state index contributed by atoms with van der Waals surface area (Å²) in [6.45, 7) is 2.79. The lowest BCUT2D eigenvalue weighted by molar-refractivity contribution is -0.136. The molecule has 6 heteroatoms. The molecule has 0 unspecified atom stereocenters. The highest BCUT2D eigenvalue weighted by atomic mass is 35.5. The first-order chi connectivity index (χ1) is 10.5. The Morgan fingerprint density at radius 2 is 2.05 bits per heavy atom. The molecule has 0 bridgehead atoms. The molecule has 0 aliphatic rings. The van der Waals surface area contributed by atoms with Crippen LogP contribution in [-0.2, 0) is 24.2 Å². The van der Waals surface area contributed by atoms with Crippen molar-refractivity contribution < 1.29 is 9.90 Å². The first kappa shape index (κ1) is 16.8. The molecule has 1 aromatic heterocycles. The molecule has 1 aromatic carbocycles. The first-order valence-electron chi connectivity index (χ1n) is 7.22. The number of nitrogens with zero attached hydrogens (tertiary/aromatic N) is 2. The van der Waals surface area contributed by atoms with E-state index in [1.54, 1.807) is 0 Å². The van der Waals surface area contributed by atoms with Crippen LogP contribution in [0.3, 0.4) is 0 Å². The Hall–Kier alpha value is -1.52.